The number of nitriles is 1. The van der Waals surface area contributed by atoms with Crippen LogP contribution in [0.5, 0.6) is 0 Å². The van der Waals surface area contributed by atoms with Gasteiger partial charge in [0.1, 0.15) is 6.29 Å². The van der Waals surface area contributed by atoms with Gasteiger partial charge in [0.15, 0.2) is 0 Å². The van der Waals surface area contributed by atoms with Crippen molar-refractivity contribution in [3.05, 3.63) is 42.0 Å². The van der Waals surface area contributed by atoms with E-state index in [0.29, 0.717) is 34.9 Å². The zero-order valence-electron chi connectivity index (χ0n) is 15.3. The number of hydrogen-bond donors (Lipinski definition) is 0. The third kappa shape index (κ3) is 1.92. The number of imide groups is 1. The van der Waals surface area contributed by atoms with Crippen molar-refractivity contribution in [2.75, 3.05) is 4.90 Å². The van der Waals surface area contributed by atoms with Gasteiger partial charge in [-0.25, -0.2) is 4.90 Å². The minimum Gasteiger partial charge on any atom is -0.367 e. The van der Waals surface area contributed by atoms with Gasteiger partial charge in [0.25, 0.3) is 0 Å². The van der Waals surface area contributed by atoms with E-state index in [1.54, 1.807) is 12.1 Å². The van der Waals surface area contributed by atoms with Gasteiger partial charge in [-0.3, -0.25) is 9.59 Å². The highest BCUT2D eigenvalue weighted by atomic mass is 16.5. The molecule has 3 fully saturated rings. The number of carbonyl (C=O) groups excluding carboxylic acids is 3. The monoisotopic (exact) mass is 374 g/mol. The molecule has 2 aromatic rings. The van der Waals surface area contributed by atoms with E-state index in [4.69, 9.17) is 4.74 Å². The Balaban J connectivity index is 1.68. The first-order valence-electron chi connectivity index (χ1n) is 9.39. The predicted octanol–water partition coefficient (Wildman–Crippen LogP) is 2.73. The lowest BCUT2D eigenvalue weighted by atomic mass is 9.67. The number of ether oxygens (including phenoxy) is 1. The Hall–Kier alpha value is -3.04. The number of fused-ring (bicyclic) bond motifs is 6. The molecule has 2 unspecified atom stereocenters. The fraction of sp³-hybridized carbons (Fsp3) is 0.364. The van der Waals surface area contributed by atoms with Gasteiger partial charge >= 0.3 is 0 Å². The Labute approximate surface area is 161 Å². The van der Waals surface area contributed by atoms with Gasteiger partial charge in [0.05, 0.1) is 40.4 Å². The molecule has 3 aliphatic rings. The molecule has 0 saturated carbocycles. The van der Waals surface area contributed by atoms with Crippen LogP contribution in [0.3, 0.4) is 0 Å². The first-order valence-corrected chi connectivity index (χ1v) is 9.39. The second kappa shape index (κ2) is 5.49. The van der Waals surface area contributed by atoms with Crippen LogP contribution in [0, 0.1) is 23.2 Å². The van der Waals surface area contributed by atoms with E-state index in [1.807, 2.05) is 31.2 Å². The molecule has 0 radical (unpaired) electrons. The zero-order valence-corrected chi connectivity index (χ0v) is 15.3. The van der Waals surface area contributed by atoms with Crippen LogP contribution in [0.1, 0.15) is 31.7 Å². The van der Waals surface area contributed by atoms with E-state index < -0.39 is 23.0 Å². The molecule has 3 aliphatic heterocycles. The van der Waals surface area contributed by atoms with Crippen LogP contribution in [-0.4, -0.2) is 29.3 Å². The number of anilines is 1. The summed E-state index contributed by atoms with van der Waals surface area (Å²) < 4.78 is 6.16. The van der Waals surface area contributed by atoms with E-state index >= 15 is 0 Å². The molecule has 6 nitrogen and oxygen atoms in total. The van der Waals surface area contributed by atoms with Crippen LogP contribution in [0.4, 0.5) is 5.69 Å². The van der Waals surface area contributed by atoms with Gasteiger partial charge in [-0.2, -0.15) is 5.26 Å². The minimum atomic E-state index is -0.884. The number of rotatable bonds is 3. The molecular weight excluding hydrogens is 356 g/mol. The average molecular weight is 374 g/mol. The molecule has 2 bridgehead atoms. The van der Waals surface area contributed by atoms with Crippen molar-refractivity contribution < 1.29 is 19.1 Å². The summed E-state index contributed by atoms with van der Waals surface area (Å²) in [7, 11) is 0. The summed E-state index contributed by atoms with van der Waals surface area (Å²) in [6.45, 7) is 1.87. The first kappa shape index (κ1) is 17.1. The third-order valence-electron chi connectivity index (χ3n) is 6.70. The molecule has 6 heteroatoms. The molecule has 4 atom stereocenters. The number of nitrogens with zero attached hydrogens (tertiary/aromatic N) is 2. The fourth-order valence-corrected chi connectivity index (χ4v) is 5.50. The Morgan fingerprint density at radius 2 is 1.86 bits per heavy atom. The molecule has 2 aromatic carbocycles. The van der Waals surface area contributed by atoms with Gasteiger partial charge < -0.3 is 9.53 Å². The third-order valence-corrected chi connectivity index (χ3v) is 6.70. The lowest BCUT2D eigenvalue weighted by molar-refractivity contribution is -0.131. The predicted molar refractivity (Wildman–Crippen MR) is 100 cm³/mol. The molecule has 0 N–H and O–H groups in total. The van der Waals surface area contributed by atoms with Crippen LogP contribution >= 0.6 is 0 Å². The summed E-state index contributed by atoms with van der Waals surface area (Å²) >= 11 is 0. The standard InChI is InChI=1S/C22H18N2O4/c1-21-8-9-22(28-21,10-11-25)18-17(21)19(26)24(20(18)27)16-7-6-13(12-23)14-4-2-3-5-15(14)16/h2-7,11,17-18H,8-10H2,1H3/t17?,18?,21-,22+/m0/s1. The van der Waals surface area contributed by atoms with Crippen LogP contribution in [0.25, 0.3) is 10.8 Å². The largest absolute Gasteiger partial charge is 0.367 e. The molecule has 3 saturated heterocycles. The Kier molecular flexibility index (Phi) is 3.35. The van der Waals surface area contributed by atoms with Crippen LogP contribution in [-0.2, 0) is 19.1 Å². The number of aldehydes is 1. The highest BCUT2D eigenvalue weighted by Gasteiger charge is 2.73. The normalized spacial score (nSPS) is 33.4. The Morgan fingerprint density at radius 3 is 2.57 bits per heavy atom. The summed E-state index contributed by atoms with van der Waals surface area (Å²) in [5, 5.41) is 10.8. The summed E-state index contributed by atoms with van der Waals surface area (Å²) in [6, 6.07) is 12.7. The van der Waals surface area contributed by atoms with Crippen LogP contribution in [0.15, 0.2) is 36.4 Å². The quantitative estimate of drug-likeness (QED) is 0.609. The van der Waals surface area contributed by atoms with Gasteiger partial charge in [-0.15, -0.1) is 0 Å². The maximum Gasteiger partial charge on any atom is 0.240 e. The van der Waals surface area contributed by atoms with Crippen LogP contribution in [0.2, 0.25) is 0 Å². The maximum absolute atomic E-state index is 13.5. The SMILES string of the molecule is C[C@@]12CC[C@](CC=O)(O1)C1C(=O)N(c3ccc(C#N)c4ccccc34)C(=O)C12. The number of benzene rings is 2. The highest BCUT2D eigenvalue weighted by molar-refractivity contribution is 6.26. The van der Waals surface area contributed by atoms with Crippen molar-refractivity contribution in [1.29, 1.82) is 5.26 Å². The van der Waals surface area contributed by atoms with E-state index in [-0.39, 0.29) is 18.2 Å². The van der Waals surface area contributed by atoms with Crippen molar-refractivity contribution in [2.24, 2.45) is 11.8 Å². The number of hydrogen-bond acceptors (Lipinski definition) is 5. The summed E-state index contributed by atoms with van der Waals surface area (Å²) in [4.78, 5) is 39.4. The zero-order chi connectivity index (χ0) is 19.7. The number of carbonyl (C=O) groups is 3. The molecule has 3 heterocycles. The molecule has 2 amide bonds. The maximum atomic E-state index is 13.5. The second-order valence-electron chi connectivity index (χ2n) is 8.11. The van der Waals surface area contributed by atoms with E-state index in [9.17, 15) is 19.6 Å². The molecule has 5 rings (SSSR count). The summed E-state index contributed by atoms with van der Waals surface area (Å²) in [6.07, 6.45) is 2.16. The van der Waals surface area contributed by atoms with E-state index in [2.05, 4.69) is 6.07 Å². The van der Waals surface area contributed by atoms with E-state index in [1.165, 1.54) is 4.90 Å². The van der Waals surface area contributed by atoms with Gasteiger partial charge in [0, 0.05) is 17.2 Å². The lowest BCUT2D eigenvalue weighted by Crippen LogP contribution is -2.42. The lowest BCUT2D eigenvalue weighted by Gasteiger charge is -2.29. The van der Waals surface area contributed by atoms with Crippen LogP contribution < -0.4 is 4.90 Å². The number of amides is 2. The van der Waals surface area contributed by atoms with E-state index in [0.717, 1.165) is 6.29 Å². The van der Waals surface area contributed by atoms with Gasteiger partial charge in [-0.1, -0.05) is 24.3 Å². The topological polar surface area (TPSA) is 87.5 Å². The molecule has 0 aliphatic carbocycles. The van der Waals surface area contributed by atoms with Crippen molar-refractivity contribution in [2.45, 2.75) is 37.4 Å². The van der Waals surface area contributed by atoms with Crippen molar-refractivity contribution in [3.8, 4) is 6.07 Å². The van der Waals surface area contributed by atoms with Gasteiger partial charge in [0.2, 0.25) is 11.8 Å². The van der Waals surface area contributed by atoms with Crippen molar-refractivity contribution in [1.82, 2.24) is 0 Å². The average Bonchev–Trinajstić information content (AvgIpc) is 3.26. The minimum absolute atomic E-state index is 0.116. The van der Waals surface area contributed by atoms with Gasteiger partial charge in [-0.05, 0) is 31.9 Å². The summed E-state index contributed by atoms with van der Waals surface area (Å²) in [5.41, 5.74) is -0.627. The molecule has 28 heavy (non-hydrogen) atoms. The molecular formula is C22H18N2O4. The molecule has 0 aromatic heterocycles. The van der Waals surface area contributed by atoms with Crippen molar-refractivity contribution >= 4 is 34.6 Å². The highest BCUT2D eigenvalue weighted by Crippen LogP contribution is 2.62. The summed E-state index contributed by atoms with van der Waals surface area (Å²) in [5.74, 6) is -1.81. The fourth-order valence-electron chi connectivity index (χ4n) is 5.50. The van der Waals surface area contributed by atoms with Crippen molar-refractivity contribution in [3.63, 3.8) is 0 Å². The molecule has 140 valence electrons. The second-order valence-corrected chi connectivity index (χ2v) is 8.11. The Bertz CT molecular complexity index is 1100. The molecule has 0 spiro atoms. The first-order chi connectivity index (χ1) is 13.5. The Morgan fingerprint density at radius 1 is 1.14 bits per heavy atom. The smallest absolute Gasteiger partial charge is 0.240 e.